The molecule has 0 aromatic carbocycles. The second-order valence-electron chi connectivity index (χ2n) is 5.36. The van der Waals surface area contributed by atoms with Crippen molar-refractivity contribution >= 4 is 11.9 Å². The lowest BCUT2D eigenvalue weighted by atomic mass is 10.0. The largest absolute Gasteiger partial charge is 0.480 e. The van der Waals surface area contributed by atoms with E-state index >= 15 is 0 Å². The van der Waals surface area contributed by atoms with E-state index in [0.29, 0.717) is 12.6 Å². The van der Waals surface area contributed by atoms with Crippen LogP contribution < -0.4 is 5.32 Å². The SMILES string of the molecule is CCN(C(=O)CNC1CCCC1)C(C)(C)C(=O)O. The Morgan fingerprint density at radius 1 is 1.33 bits per heavy atom. The average molecular weight is 256 g/mol. The Morgan fingerprint density at radius 3 is 2.33 bits per heavy atom. The summed E-state index contributed by atoms with van der Waals surface area (Å²) in [5.41, 5.74) is -1.15. The van der Waals surface area contributed by atoms with Crippen molar-refractivity contribution in [3.8, 4) is 0 Å². The van der Waals surface area contributed by atoms with Gasteiger partial charge in [0, 0.05) is 12.6 Å². The molecule has 5 heteroatoms. The van der Waals surface area contributed by atoms with Crippen molar-refractivity contribution in [3.05, 3.63) is 0 Å². The maximum atomic E-state index is 12.1. The van der Waals surface area contributed by atoms with Crippen molar-refractivity contribution in [3.63, 3.8) is 0 Å². The summed E-state index contributed by atoms with van der Waals surface area (Å²) >= 11 is 0. The van der Waals surface area contributed by atoms with Crippen LogP contribution in [-0.4, -0.2) is 46.6 Å². The summed E-state index contributed by atoms with van der Waals surface area (Å²) < 4.78 is 0. The van der Waals surface area contributed by atoms with Crippen molar-refractivity contribution in [2.45, 2.75) is 58.0 Å². The van der Waals surface area contributed by atoms with Crippen molar-refractivity contribution in [2.24, 2.45) is 0 Å². The number of nitrogens with zero attached hydrogens (tertiary/aromatic N) is 1. The van der Waals surface area contributed by atoms with Gasteiger partial charge in [0.05, 0.1) is 6.54 Å². The maximum absolute atomic E-state index is 12.1. The molecule has 0 atom stereocenters. The molecule has 18 heavy (non-hydrogen) atoms. The standard InChI is InChI=1S/C13H24N2O3/c1-4-15(13(2,3)12(17)18)11(16)9-14-10-7-5-6-8-10/h10,14H,4-9H2,1-3H3,(H,17,18). The van der Waals surface area contributed by atoms with Crippen LogP contribution in [0.3, 0.4) is 0 Å². The van der Waals surface area contributed by atoms with E-state index in [1.54, 1.807) is 20.8 Å². The third kappa shape index (κ3) is 3.45. The normalized spacial score (nSPS) is 16.8. The molecule has 1 fully saturated rings. The monoisotopic (exact) mass is 256 g/mol. The molecule has 0 aromatic heterocycles. The fourth-order valence-corrected chi connectivity index (χ4v) is 2.46. The van der Waals surface area contributed by atoms with Gasteiger partial charge in [0.2, 0.25) is 5.91 Å². The molecule has 0 saturated heterocycles. The summed E-state index contributed by atoms with van der Waals surface area (Å²) in [4.78, 5) is 24.7. The first-order valence-electron chi connectivity index (χ1n) is 6.66. The summed E-state index contributed by atoms with van der Waals surface area (Å²) in [5, 5.41) is 12.4. The fraction of sp³-hybridized carbons (Fsp3) is 0.846. The summed E-state index contributed by atoms with van der Waals surface area (Å²) in [5.74, 6) is -1.12. The highest BCUT2D eigenvalue weighted by atomic mass is 16.4. The molecule has 5 nitrogen and oxygen atoms in total. The van der Waals surface area contributed by atoms with Crippen LogP contribution in [0.25, 0.3) is 0 Å². The van der Waals surface area contributed by atoms with E-state index in [-0.39, 0.29) is 12.5 Å². The van der Waals surface area contributed by atoms with Gasteiger partial charge in [-0.3, -0.25) is 4.79 Å². The summed E-state index contributed by atoms with van der Waals surface area (Å²) in [6, 6.07) is 0.417. The van der Waals surface area contributed by atoms with Crippen molar-refractivity contribution in [1.29, 1.82) is 0 Å². The lowest BCUT2D eigenvalue weighted by molar-refractivity contribution is -0.156. The molecule has 0 unspecified atom stereocenters. The number of carboxylic acids is 1. The number of carbonyl (C=O) groups excluding carboxylic acids is 1. The molecule has 0 aromatic rings. The Balaban J connectivity index is 2.53. The van der Waals surface area contributed by atoms with Gasteiger partial charge in [-0.2, -0.15) is 0 Å². The summed E-state index contributed by atoms with van der Waals surface area (Å²) in [7, 11) is 0. The molecule has 1 aliphatic carbocycles. The molecule has 104 valence electrons. The first-order valence-corrected chi connectivity index (χ1v) is 6.66. The number of carbonyl (C=O) groups is 2. The van der Waals surface area contributed by atoms with Gasteiger partial charge in [0.1, 0.15) is 5.54 Å². The van der Waals surface area contributed by atoms with Crippen LogP contribution >= 0.6 is 0 Å². The number of carboxylic acid groups (broad SMARTS) is 1. The lowest BCUT2D eigenvalue weighted by Gasteiger charge is -2.34. The van der Waals surface area contributed by atoms with Crippen LogP contribution in [0.4, 0.5) is 0 Å². The van der Waals surface area contributed by atoms with Crippen LogP contribution in [0.1, 0.15) is 46.5 Å². The zero-order valence-corrected chi connectivity index (χ0v) is 11.5. The second kappa shape index (κ2) is 6.18. The molecule has 0 radical (unpaired) electrons. The van der Waals surface area contributed by atoms with Gasteiger partial charge in [0.15, 0.2) is 0 Å². The van der Waals surface area contributed by atoms with Crippen LogP contribution in [0.5, 0.6) is 0 Å². The Labute approximate surface area is 109 Å². The van der Waals surface area contributed by atoms with E-state index in [0.717, 1.165) is 12.8 Å². The molecule has 1 amide bonds. The molecule has 1 rings (SSSR count). The molecule has 1 aliphatic rings. The van der Waals surface area contributed by atoms with Crippen LogP contribution in [0, 0.1) is 0 Å². The summed E-state index contributed by atoms with van der Waals surface area (Å²) in [6.45, 7) is 5.57. The Kier molecular flexibility index (Phi) is 5.14. The number of amides is 1. The first-order chi connectivity index (χ1) is 8.39. The van der Waals surface area contributed by atoms with Gasteiger partial charge in [0.25, 0.3) is 0 Å². The average Bonchev–Trinajstić information content (AvgIpc) is 2.79. The molecule has 0 aliphatic heterocycles. The van der Waals surface area contributed by atoms with Crippen molar-refractivity contribution < 1.29 is 14.7 Å². The molecular weight excluding hydrogens is 232 g/mol. The highest BCUT2D eigenvalue weighted by molar-refractivity contribution is 5.87. The van der Waals surface area contributed by atoms with E-state index in [1.165, 1.54) is 17.7 Å². The van der Waals surface area contributed by atoms with E-state index in [9.17, 15) is 9.59 Å². The molecule has 1 saturated carbocycles. The van der Waals surface area contributed by atoms with E-state index < -0.39 is 11.5 Å². The molecular formula is C13H24N2O3. The summed E-state index contributed by atoms with van der Waals surface area (Å²) in [6.07, 6.45) is 4.65. The molecule has 0 heterocycles. The minimum Gasteiger partial charge on any atom is -0.480 e. The third-order valence-electron chi connectivity index (χ3n) is 3.71. The Hall–Kier alpha value is -1.10. The zero-order chi connectivity index (χ0) is 13.8. The van der Waals surface area contributed by atoms with Crippen LogP contribution in [0.2, 0.25) is 0 Å². The number of nitrogens with one attached hydrogen (secondary N) is 1. The van der Waals surface area contributed by atoms with Crippen LogP contribution in [0.15, 0.2) is 0 Å². The van der Waals surface area contributed by atoms with E-state index in [4.69, 9.17) is 5.11 Å². The van der Waals surface area contributed by atoms with Crippen molar-refractivity contribution in [2.75, 3.05) is 13.1 Å². The zero-order valence-electron chi connectivity index (χ0n) is 11.5. The van der Waals surface area contributed by atoms with Crippen LogP contribution in [-0.2, 0) is 9.59 Å². The van der Waals surface area contributed by atoms with Crippen molar-refractivity contribution in [1.82, 2.24) is 10.2 Å². The molecule has 2 N–H and O–H groups in total. The van der Waals surface area contributed by atoms with Gasteiger partial charge in [-0.05, 0) is 33.6 Å². The number of hydrogen-bond acceptors (Lipinski definition) is 3. The predicted octanol–water partition coefficient (Wildman–Crippen LogP) is 1.23. The fourth-order valence-electron chi connectivity index (χ4n) is 2.46. The number of likely N-dealkylation sites (N-methyl/N-ethyl adjacent to an activating group) is 1. The quantitative estimate of drug-likeness (QED) is 0.750. The van der Waals surface area contributed by atoms with Gasteiger partial charge < -0.3 is 15.3 Å². The second-order valence-corrected chi connectivity index (χ2v) is 5.36. The molecule has 0 spiro atoms. The maximum Gasteiger partial charge on any atom is 0.329 e. The minimum atomic E-state index is -1.15. The minimum absolute atomic E-state index is 0.142. The van der Waals surface area contributed by atoms with Gasteiger partial charge >= 0.3 is 5.97 Å². The highest BCUT2D eigenvalue weighted by Gasteiger charge is 2.36. The first kappa shape index (κ1) is 15.0. The topological polar surface area (TPSA) is 69.6 Å². The molecule has 0 bridgehead atoms. The number of aliphatic carboxylic acids is 1. The van der Waals surface area contributed by atoms with E-state index in [1.807, 2.05) is 0 Å². The van der Waals surface area contributed by atoms with Gasteiger partial charge in [-0.15, -0.1) is 0 Å². The lowest BCUT2D eigenvalue weighted by Crippen LogP contribution is -2.55. The number of hydrogen-bond donors (Lipinski definition) is 2. The highest BCUT2D eigenvalue weighted by Crippen LogP contribution is 2.18. The predicted molar refractivity (Wildman–Crippen MR) is 69.4 cm³/mol. The van der Waals surface area contributed by atoms with Gasteiger partial charge in [-0.25, -0.2) is 4.79 Å². The Morgan fingerprint density at radius 2 is 1.89 bits per heavy atom. The third-order valence-corrected chi connectivity index (χ3v) is 3.71. The Bertz CT molecular complexity index is 309. The van der Waals surface area contributed by atoms with Gasteiger partial charge in [-0.1, -0.05) is 12.8 Å². The van der Waals surface area contributed by atoms with E-state index in [2.05, 4.69) is 5.32 Å². The number of rotatable bonds is 6. The smallest absolute Gasteiger partial charge is 0.329 e.